The van der Waals surface area contributed by atoms with E-state index in [9.17, 15) is 9.59 Å². The van der Waals surface area contributed by atoms with E-state index >= 15 is 0 Å². The molecule has 8 heteroatoms. The van der Waals surface area contributed by atoms with Crippen molar-refractivity contribution in [3.63, 3.8) is 0 Å². The minimum atomic E-state index is -1.31. The number of nitrogens with zero attached hydrogens (tertiary/aromatic N) is 1. The van der Waals surface area contributed by atoms with Gasteiger partial charge in [-0.1, -0.05) is 34.6 Å². The zero-order valence-electron chi connectivity index (χ0n) is 17.1. The first-order chi connectivity index (χ1) is 12.8. The monoisotopic (exact) mass is 388 g/mol. The Hall–Kier alpha value is -1.48. The van der Waals surface area contributed by atoms with Gasteiger partial charge in [-0.25, -0.2) is 4.79 Å². The van der Waals surface area contributed by atoms with Crippen LogP contribution in [0.2, 0.25) is 0 Å². The standard InChI is InChI=1S/C10H14N2O4.C5H10O2.2C2H6/c1-6-4-7(5-13)16-9(6)12-3-2-8(14)11-10(12)15;6-5(7)3-1-2-4-5;2*1-2/h2-3,6-7,9,13H,4-5H2,1H3,(H,11,14,15);6-7H,1-4H2;2*1-2H3. The van der Waals surface area contributed by atoms with E-state index in [0.29, 0.717) is 19.3 Å². The van der Waals surface area contributed by atoms with Gasteiger partial charge in [0.2, 0.25) is 0 Å². The first-order valence-electron chi connectivity index (χ1n) is 9.85. The van der Waals surface area contributed by atoms with Crippen molar-refractivity contribution < 1.29 is 20.1 Å². The molecule has 1 aliphatic heterocycles. The third-order valence-corrected chi connectivity index (χ3v) is 4.19. The van der Waals surface area contributed by atoms with E-state index in [0.717, 1.165) is 12.8 Å². The molecule has 2 aliphatic rings. The predicted octanol–water partition coefficient (Wildman–Crippen LogP) is 1.75. The molecule has 8 nitrogen and oxygen atoms in total. The smallest absolute Gasteiger partial charge is 0.330 e. The van der Waals surface area contributed by atoms with Crippen LogP contribution in [0.15, 0.2) is 21.9 Å². The Morgan fingerprint density at radius 1 is 1.19 bits per heavy atom. The van der Waals surface area contributed by atoms with Gasteiger partial charge in [0, 0.05) is 31.0 Å². The van der Waals surface area contributed by atoms with Crippen molar-refractivity contribution in [1.29, 1.82) is 0 Å². The van der Waals surface area contributed by atoms with Gasteiger partial charge in [0.05, 0.1) is 12.7 Å². The van der Waals surface area contributed by atoms with E-state index in [2.05, 4.69) is 4.98 Å². The molecule has 0 aromatic carbocycles. The number of hydrogen-bond acceptors (Lipinski definition) is 6. The largest absolute Gasteiger partial charge is 0.394 e. The van der Waals surface area contributed by atoms with Crippen LogP contribution in [-0.2, 0) is 4.74 Å². The van der Waals surface area contributed by atoms with Gasteiger partial charge in [-0.15, -0.1) is 0 Å². The third kappa shape index (κ3) is 8.38. The number of aliphatic hydroxyl groups is 3. The van der Waals surface area contributed by atoms with Crippen LogP contribution in [0.3, 0.4) is 0 Å². The molecule has 1 aromatic heterocycles. The average Bonchev–Trinajstić information content (AvgIpc) is 3.24. The van der Waals surface area contributed by atoms with Crippen LogP contribution in [0, 0.1) is 5.92 Å². The Morgan fingerprint density at radius 3 is 2.11 bits per heavy atom. The van der Waals surface area contributed by atoms with E-state index in [4.69, 9.17) is 20.1 Å². The summed E-state index contributed by atoms with van der Waals surface area (Å²) in [6.07, 6.45) is 4.52. The Bertz CT molecular complexity index is 617. The summed E-state index contributed by atoms with van der Waals surface area (Å²) in [4.78, 5) is 24.6. The lowest BCUT2D eigenvalue weighted by atomic mass is 10.1. The van der Waals surface area contributed by atoms with Gasteiger partial charge in [0.15, 0.2) is 5.79 Å². The number of hydrogen-bond donors (Lipinski definition) is 4. The van der Waals surface area contributed by atoms with Crippen molar-refractivity contribution in [2.75, 3.05) is 6.61 Å². The fraction of sp³-hybridized carbons (Fsp3) is 0.789. The SMILES string of the molecule is CC.CC.CC1CC(CO)OC1n1ccc(=O)[nH]c1=O.OC1(O)CCCC1. The predicted molar refractivity (Wildman–Crippen MR) is 104 cm³/mol. The molecule has 3 unspecified atom stereocenters. The minimum Gasteiger partial charge on any atom is -0.394 e. The van der Waals surface area contributed by atoms with Crippen LogP contribution in [0.5, 0.6) is 0 Å². The highest BCUT2D eigenvalue weighted by Gasteiger charge is 2.33. The highest BCUT2D eigenvalue weighted by molar-refractivity contribution is 4.87. The number of ether oxygens (including phenoxy) is 1. The summed E-state index contributed by atoms with van der Waals surface area (Å²) in [5, 5.41) is 26.5. The second-order valence-electron chi connectivity index (χ2n) is 6.25. The molecule has 1 saturated heterocycles. The summed E-state index contributed by atoms with van der Waals surface area (Å²) in [6.45, 7) is 9.89. The fourth-order valence-corrected chi connectivity index (χ4v) is 2.94. The van der Waals surface area contributed by atoms with Gasteiger partial charge in [0.1, 0.15) is 6.23 Å². The lowest BCUT2D eigenvalue weighted by Gasteiger charge is -2.17. The lowest BCUT2D eigenvalue weighted by Crippen LogP contribution is -2.33. The highest BCUT2D eigenvalue weighted by atomic mass is 16.5. The topological polar surface area (TPSA) is 125 Å². The second kappa shape index (κ2) is 12.8. The first-order valence-corrected chi connectivity index (χ1v) is 9.85. The Balaban J connectivity index is 0.000000514. The molecule has 3 rings (SSSR count). The maximum atomic E-state index is 11.5. The normalized spacial score (nSPS) is 25.3. The van der Waals surface area contributed by atoms with Crippen LogP contribution in [0.4, 0.5) is 0 Å². The van der Waals surface area contributed by atoms with Gasteiger partial charge in [-0.2, -0.15) is 0 Å². The van der Waals surface area contributed by atoms with Gasteiger partial charge in [0.25, 0.3) is 5.56 Å². The van der Waals surface area contributed by atoms with Crippen molar-refractivity contribution in [2.24, 2.45) is 5.92 Å². The molecule has 2 heterocycles. The number of H-pyrrole nitrogens is 1. The summed E-state index contributed by atoms with van der Waals surface area (Å²) in [5.41, 5.74) is -0.909. The van der Waals surface area contributed by atoms with E-state index in [1.54, 1.807) is 0 Å². The average molecular weight is 389 g/mol. The quantitative estimate of drug-likeness (QED) is 0.572. The summed E-state index contributed by atoms with van der Waals surface area (Å²) >= 11 is 0. The maximum Gasteiger partial charge on any atom is 0.330 e. The molecule has 3 atom stereocenters. The number of aliphatic hydroxyl groups excluding tert-OH is 1. The summed E-state index contributed by atoms with van der Waals surface area (Å²) in [6, 6.07) is 1.28. The van der Waals surface area contributed by atoms with E-state index in [1.165, 1.54) is 16.8 Å². The van der Waals surface area contributed by atoms with Gasteiger partial charge in [-0.05, 0) is 19.3 Å². The van der Waals surface area contributed by atoms with Gasteiger partial charge >= 0.3 is 5.69 Å². The molecule has 1 saturated carbocycles. The molecule has 158 valence electrons. The van der Waals surface area contributed by atoms with Crippen molar-refractivity contribution in [2.45, 2.75) is 84.8 Å². The second-order valence-corrected chi connectivity index (χ2v) is 6.25. The van der Waals surface area contributed by atoms with Crippen LogP contribution >= 0.6 is 0 Å². The molecule has 0 radical (unpaired) electrons. The zero-order chi connectivity index (χ0) is 21.0. The zero-order valence-corrected chi connectivity index (χ0v) is 17.1. The van der Waals surface area contributed by atoms with Crippen molar-refractivity contribution in [1.82, 2.24) is 9.55 Å². The molecule has 1 aromatic rings. The maximum absolute atomic E-state index is 11.5. The number of aromatic amines is 1. The number of aromatic nitrogens is 2. The number of nitrogens with one attached hydrogen (secondary N) is 1. The van der Waals surface area contributed by atoms with Crippen LogP contribution < -0.4 is 11.2 Å². The molecule has 0 bridgehead atoms. The van der Waals surface area contributed by atoms with E-state index in [1.807, 2.05) is 34.6 Å². The fourth-order valence-electron chi connectivity index (χ4n) is 2.94. The van der Waals surface area contributed by atoms with Crippen molar-refractivity contribution in [3.8, 4) is 0 Å². The molecule has 1 aliphatic carbocycles. The number of rotatable bonds is 2. The Labute approximate surface area is 160 Å². The van der Waals surface area contributed by atoms with Crippen molar-refractivity contribution >= 4 is 0 Å². The van der Waals surface area contributed by atoms with Crippen molar-refractivity contribution in [3.05, 3.63) is 33.1 Å². The molecule has 0 amide bonds. The first kappa shape index (κ1) is 25.5. The molecule has 27 heavy (non-hydrogen) atoms. The van der Waals surface area contributed by atoms with Crippen LogP contribution in [0.1, 0.15) is 73.0 Å². The van der Waals surface area contributed by atoms with Gasteiger partial charge in [-0.3, -0.25) is 14.3 Å². The minimum absolute atomic E-state index is 0.0566. The highest BCUT2D eigenvalue weighted by Crippen LogP contribution is 2.32. The molecule has 4 N–H and O–H groups in total. The summed E-state index contributed by atoms with van der Waals surface area (Å²) in [5.74, 6) is -1.18. The summed E-state index contributed by atoms with van der Waals surface area (Å²) < 4.78 is 6.87. The molecular formula is C19H36N2O6. The molecule has 0 spiro atoms. The van der Waals surface area contributed by atoms with Crippen LogP contribution in [0.25, 0.3) is 0 Å². The summed E-state index contributed by atoms with van der Waals surface area (Å²) in [7, 11) is 0. The Morgan fingerprint density at radius 2 is 1.74 bits per heavy atom. The molecular weight excluding hydrogens is 352 g/mol. The molecule has 2 fully saturated rings. The van der Waals surface area contributed by atoms with E-state index in [-0.39, 0.29) is 18.6 Å². The van der Waals surface area contributed by atoms with Gasteiger partial charge < -0.3 is 20.1 Å². The van der Waals surface area contributed by atoms with E-state index < -0.39 is 23.3 Å². The Kier molecular flexibility index (Phi) is 12.1. The lowest BCUT2D eigenvalue weighted by molar-refractivity contribution is -0.152. The third-order valence-electron chi connectivity index (χ3n) is 4.19. The van der Waals surface area contributed by atoms with Crippen LogP contribution in [-0.4, -0.2) is 43.4 Å².